The van der Waals surface area contributed by atoms with Gasteiger partial charge in [0.05, 0.1) is 15.9 Å². The van der Waals surface area contributed by atoms with Crippen LogP contribution in [0.1, 0.15) is 24.0 Å². The Hall–Kier alpha value is -3.21. The molecule has 3 N–H and O–H groups in total. The van der Waals surface area contributed by atoms with Gasteiger partial charge in [-0.15, -0.1) is 11.3 Å². The Morgan fingerprint density at radius 1 is 1.08 bits per heavy atom. The average Bonchev–Trinajstić information content (AvgIpc) is 3.53. The third-order valence-corrected chi connectivity index (χ3v) is 7.55. The number of benzene rings is 2. The lowest BCUT2D eigenvalue weighted by atomic mass is 9.97. The molecule has 0 amide bonds. The Bertz CT molecular complexity index is 1340. The molecule has 0 saturated carbocycles. The summed E-state index contributed by atoms with van der Waals surface area (Å²) in [5.41, 5.74) is 5.94. The van der Waals surface area contributed by atoms with Crippen molar-refractivity contribution < 1.29 is 28.2 Å². The molecule has 10 heteroatoms. The topological polar surface area (TPSA) is 89.5 Å². The second-order valence-corrected chi connectivity index (χ2v) is 10.2. The number of rotatable bonds is 5. The van der Waals surface area contributed by atoms with Crippen LogP contribution in [0.4, 0.5) is 13.2 Å². The van der Waals surface area contributed by atoms with Gasteiger partial charge in [0.2, 0.25) is 0 Å². The third-order valence-electron chi connectivity index (χ3n) is 6.41. The zero-order chi connectivity index (χ0) is 26.6. The van der Waals surface area contributed by atoms with E-state index in [-0.39, 0.29) is 0 Å². The number of aromatic amines is 1. The normalized spacial score (nSPS) is 14.9. The van der Waals surface area contributed by atoms with Crippen LogP contribution in [0.15, 0.2) is 54.6 Å². The predicted molar refractivity (Wildman–Crippen MR) is 138 cm³/mol. The number of piperidine rings is 1. The van der Waals surface area contributed by atoms with E-state index < -0.39 is 12.1 Å². The minimum Gasteiger partial charge on any atom is -0.475 e. The second-order valence-electron chi connectivity index (χ2n) is 9.12. The molecule has 6 nitrogen and oxygen atoms in total. The Morgan fingerprint density at radius 2 is 1.73 bits per heavy atom. The summed E-state index contributed by atoms with van der Waals surface area (Å²) in [7, 11) is 0. The molecule has 37 heavy (non-hydrogen) atoms. The molecule has 1 fully saturated rings. The fourth-order valence-electron chi connectivity index (χ4n) is 4.27. The average molecular weight is 532 g/mol. The van der Waals surface area contributed by atoms with Crippen LogP contribution < -0.4 is 0 Å². The summed E-state index contributed by atoms with van der Waals surface area (Å²) in [6.07, 6.45) is -2.87. The number of thiophene rings is 1. The number of imidazole rings is 1. The number of H-pyrrole nitrogens is 1. The van der Waals surface area contributed by atoms with E-state index in [4.69, 9.17) is 14.9 Å². The number of halogens is 3. The van der Waals surface area contributed by atoms with Crippen molar-refractivity contribution in [3.8, 4) is 21.1 Å². The first-order chi connectivity index (χ1) is 17.6. The summed E-state index contributed by atoms with van der Waals surface area (Å²) in [5, 5.41) is 16.4. The van der Waals surface area contributed by atoms with E-state index in [0.29, 0.717) is 12.5 Å². The molecule has 0 atom stereocenters. The SMILES string of the molecule is Cc1cccc2[nH]c(-c3ccc(-c4ccc(CN5CCC(CO)CC5)cc4)s3)nc12.O=C(O)C(F)(F)F. The highest BCUT2D eigenvalue weighted by Gasteiger charge is 2.38. The van der Waals surface area contributed by atoms with Crippen molar-refractivity contribution in [3.63, 3.8) is 0 Å². The molecule has 5 rings (SSSR count). The van der Waals surface area contributed by atoms with Crippen molar-refractivity contribution in [1.82, 2.24) is 14.9 Å². The highest BCUT2D eigenvalue weighted by atomic mass is 32.1. The molecule has 4 aromatic rings. The number of hydrogen-bond acceptors (Lipinski definition) is 5. The number of aliphatic hydroxyl groups is 1. The summed E-state index contributed by atoms with van der Waals surface area (Å²) < 4.78 is 31.7. The molecule has 0 spiro atoms. The van der Waals surface area contributed by atoms with Crippen molar-refractivity contribution >= 4 is 28.3 Å². The molecule has 0 unspecified atom stereocenters. The van der Waals surface area contributed by atoms with Crippen LogP contribution in [-0.2, 0) is 11.3 Å². The van der Waals surface area contributed by atoms with Gasteiger partial charge in [-0.1, -0.05) is 36.4 Å². The van der Waals surface area contributed by atoms with Crippen molar-refractivity contribution in [1.29, 1.82) is 0 Å². The fourth-order valence-corrected chi connectivity index (χ4v) is 5.23. The van der Waals surface area contributed by atoms with E-state index in [1.165, 1.54) is 21.6 Å². The Morgan fingerprint density at radius 3 is 2.32 bits per heavy atom. The largest absolute Gasteiger partial charge is 0.490 e. The van der Waals surface area contributed by atoms with Crippen molar-refractivity contribution in [3.05, 3.63) is 65.7 Å². The van der Waals surface area contributed by atoms with Crippen LogP contribution in [0.3, 0.4) is 0 Å². The van der Waals surface area contributed by atoms with E-state index >= 15 is 0 Å². The number of aryl methyl sites for hydroxylation is 1. The Balaban J connectivity index is 0.000000405. The Kier molecular flexibility index (Phi) is 8.31. The minimum atomic E-state index is -5.08. The number of likely N-dealkylation sites (tertiary alicyclic amines) is 1. The van der Waals surface area contributed by atoms with Crippen LogP contribution in [-0.4, -0.2) is 56.9 Å². The van der Waals surface area contributed by atoms with Gasteiger partial charge in [-0.2, -0.15) is 13.2 Å². The first-order valence-electron chi connectivity index (χ1n) is 11.9. The van der Waals surface area contributed by atoms with Gasteiger partial charge in [0, 0.05) is 18.0 Å². The summed E-state index contributed by atoms with van der Waals surface area (Å²) in [5.74, 6) is -1.32. The van der Waals surface area contributed by atoms with E-state index in [2.05, 4.69) is 71.4 Å². The lowest BCUT2D eigenvalue weighted by molar-refractivity contribution is -0.192. The molecule has 1 aliphatic rings. The molecule has 196 valence electrons. The highest BCUT2D eigenvalue weighted by molar-refractivity contribution is 7.18. The minimum absolute atomic E-state index is 0.332. The number of nitrogens with one attached hydrogen (secondary N) is 1. The highest BCUT2D eigenvalue weighted by Crippen LogP contribution is 2.34. The summed E-state index contributed by atoms with van der Waals surface area (Å²) in [4.78, 5) is 22.1. The van der Waals surface area contributed by atoms with Crippen molar-refractivity contribution in [2.75, 3.05) is 19.7 Å². The Labute approximate surface area is 216 Å². The standard InChI is InChI=1S/C25H27N3OS.C2HF3O2/c1-17-3-2-4-21-24(17)27-25(26-21)23-10-9-22(30-23)20-7-5-18(6-8-20)15-28-13-11-19(16-29)12-14-28;3-2(4,5)1(6)7/h2-10,19,29H,11-16H2,1H3,(H,26,27);(H,6,7). The maximum absolute atomic E-state index is 10.6. The van der Waals surface area contributed by atoms with Gasteiger partial charge in [-0.25, -0.2) is 9.78 Å². The molecule has 0 aliphatic carbocycles. The molecule has 2 aromatic heterocycles. The molecular weight excluding hydrogens is 503 g/mol. The molecule has 3 heterocycles. The quantitative estimate of drug-likeness (QED) is 0.289. The van der Waals surface area contributed by atoms with E-state index in [1.807, 2.05) is 0 Å². The number of para-hydroxylation sites is 1. The number of carbonyl (C=O) groups is 1. The zero-order valence-corrected chi connectivity index (χ0v) is 21.1. The number of carboxylic acids is 1. The van der Waals surface area contributed by atoms with Gasteiger partial charge in [0.25, 0.3) is 0 Å². The van der Waals surface area contributed by atoms with E-state index in [9.17, 15) is 18.3 Å². The van der Waals surface area contributed by atoms with Gasteiger partial charge < -0.3 is 15.2 Å². The van der Waals surface area contributed by atoms with Crippen LogP contribution >= 0.6 is 11.3 Å². The second kappa shape index (κ2) is 11.5. The number of alkyl halides is 3. The van der Waals surface area contributed by atoms with Crippen molar-refractivity contribution in [2.24, 2.45) is 5.92 Å². The molecule has 0 radical (unpaired) electrons. The third kappa shape index (κ3) is 6.76. The van der Waals surface area contributed by atoms with Crippen LogP contribution in [0.2, 0.25) is 0 Å². The number of hydrogen-bond donors (Lipinski definition) is 3. The number of aromatic nitrogens is 2. The smallest absolute Gasteiger partial charge is 0.475 e. The van der Waals surface area contributed by atoms with Crippen molar-refractivity contribution in [2.45, 2.75) is 32.5 Å². The number of fused-ring (bicyclic) bond motifs is 1. The number of aliphatic carboxylic acids is 1. The fraction of sp³-hybridized carbons (Fsp3) is 0.333. The predicted octanol–water partition coefficient (Wildman–Crippen LogP) is 6.10. The molecule has 1 saturated heterocycles. The monoisotopic (exact) mass is 531 g/mol. The molecule has 0 bridgehead atoms. The maximum atomic E-state index is 10.6. The molecule has 2 aromatic carbocycles. The lowest BCUT2D eigenvalue weighted by Gasteiger charge is -2.31. The first kappa shape index (κ1) is 26.8. The van der Waals surface area contributed by atoms with Crippen LogP contribution in [0.25, 0.3) is 32.2 Å². The lowest BCUT2D eigenvalue weighted by Crippen LogP contribution is -2.34. The van der Waals surface area contributed by atoms with Gasteiger partial charge in [-0.3, -0.25) is 4.90 Å². The number of carboxylic acid groups (broad SMARTS) is 1. The van der Waals surface area contributed by atoms with E-state index in [0.717, 1.165) is 54.2 Å². The number of nitrogens with zero attached hydrogens (tertiary/aromatic N) is 2. The van der Waals surface area contributed by atoms with Gasteiger partial charge in [0.15, 0.2) is 0 Å². The summed E-state index contributed by atoms with van der Waals surface area (Å²) >= 11 is 1.78. The molecule has 1 aliphatic heterocycles. The van der Waals surface area contributed by atoms with Gasteiger partial charge in [0.1, 0.15) is 5.82 Å². The van der Waals surface area contributed by atoms with Gasteiger partial charge >= 0.3 is 12.1 Å². The van der Waals surface area contributed by atoms with Crippen LogP contribution in [0.5, 0.6) is 0 Å². The maximum Gasteiger partial charge on any atom is 0.490 e. The first-order valence-corrected chi connectivity index (χ1v) is 12.7. The summed E-state index contributed by atoms with van der Waals surface area (Å²) in [6, 6.07) is 19.6. The number of aliphatic hydroxyl groups excluding tert-OH is 1. The van der Waals surface area contributed by atoms with Gasteiger partial charge in [-0.05, 0) is 73.7 Å². The summed E-state index contributed by atoms with van der Waals surface area (Å²) in [6.45, 7) is 5.59. The van der Waals surface area contributed by atoms with E-state index in [1.54, 1.807) is 11.3 Å². The van der Waals surface area contributed by atoms with Crippen LogP contribution in [0, 0.1) is 12.8 Å². The zero-order valence-electron chi connectivity index (χ0n) is 20.3. The molecular formula is C27H28F3N3O3S.